The number of piperidine rings is 1. The number of ether oxygens (including phenoxy) is 2. The van der Waals surface area contributed by atoms with Crippen LogP contribution in [0.1, 0.15) is 36.0 Å². The predicted octanol–water partition coefficient (Wildman–Crippen LogP) is 2.67. The van der Waals surface area contributed by atoms with Gasteiger partial charge in [-0.15, -0.1) is 0 Å². The Hall–Kier alpha value is -3.33. The summed E-state index contributed by atoms with van der Waals surface area (Å²) in [5.41, 5.74) is 5.18. The van der Waals surface area contributed by atoms with Crippen molar-refractivity contribution < 1.29 is 28.2 Å². The van der Waals surface area contributed by atoms with Gasteiger partial charge in [0.1, 0.15) is 23.4 Å². The first-order valence-electron chi connectivity index (χ1n) is 11.0. The number of nitrogens with one attached hydrogen (secondary N) is 1. The first kappa shape index (κ1) is 23.8. The van der Waals surface area contributed by atoms with E-state index in [0.29, 0.717) is 23.6 Å². The van der Waals surface area contributed by atoms with E-state index in [1.165, 1.54) is 24.3 Å². The molecule has 2 aromatic rings. The van der Waals surface area contributed by atoms with Crippen LogP contribution in [-0.4, -0.2) is 54.0 Å². The number of carbonyl (C=O) groups excluding carboxylic acids is 3. The maximum atomic E-state index is 13.1. The third kappa shape index (κ3) is 5.59. The molecule has 0 saturated carbocycles. The van der Waals surface area contributed by atoms with E-state index < -0.39 is 11.8 Å². The van der Waals surface area contributed by atoms with E-state index in [1.54, 1.807) is 18.2 Å². The van der Waals surface area contributed by atoms with Crippen molar-refractivity contribution in [3.8, 4) is 11.5 Å². The molecule has 3 amide bonds. The van der Waals surface area contributed by atoms with E-state index in [-0.39, 0.29) is 54.4 Å². The van der Waals surface area contributed by atoms with Gasteiger partial charge in [0, 0.05) is 29.9 Å². The Kier molecular flexibility index (Phi) is 7.21. The Labute approximate surface area is 201 Å². The topological polar surface area (TPSA) is 111 Å². The fraction of sp³-hybridized carbons (Fsp3) is 0.375. The Balaban J connectivity index is 1.36. The molecule has 4 rings (SSSR count). The molecule has 2 saturated heterocycles. The highest BCUT2D eigenvalue weighted by molar-refractivity contribution is 6.31. The van der Waals surface area contributed by atoms with Gasteiger partial charge in [0.25, 0.3) is 11.8 Å². The van der Waals surface area contributed by atoms with Crippen LogP contribution in [0, 0.1) is 5.82 Å². The minimum Gasteiger partial charge on any atom is -0.490 e. The molecule has 8 nitrogen and oxygen atoms in total. The SMILES string of the molecule is NC(=O)CNC(=O)c1cc(Cl)ccc1OCC(=O)N1[C@@H]2CC[C@H]1CC(Oc1ccc(F)cc1)C2. The molecular formula is C24H25ClFN3O5. The minimum absolute atomic E-state index is 0.0313. The molecule has 180 valence electrons. The normalized spacial score (nSPS) is 21.1. The number of carbonyl (C=O) groups is 3. The van der Waals surface area contributed by atoms with Gasteiger partial charge >= 0.3 is 0 Å². The van der Waals surface area contributed by atoms with Gasteiger partial charge in [-0.05, 0) is 55.3 Å². The zero-order valence-corrected chi connectivity index (χ0v) is 19.1. The summed E-state index contributed by atoms with van der Waals surface area (Å²) in [5.74, 6) is -0.966. The summed E-state index contributed by atoms with van der Waals surface area (Å²) >= 11 is 6.00. The Morgan fingerprint density at radius 3 is 2.41 bits per heavy atom. The highest BCUT2D eigenvalue weighted by Gasteiger charge is 2.44. The highest BCUT2D eigenvalue weighted by atomic mass is 35.5. The quantitative estimate of drug-likeness (QED) is 0.592. The van der Waals surface area contributed by atoms with Gasteiger partial charge < -0.3 is 25.4 Å². The van der Waals surface area contributed by atoms with E-state index >= 15 is 0 Å². The fourth-order valence-corrected chi connectivity index (χ4v) is 4.79. The average molecular weight is 490 g/mol. The summed E-state index contributed by atoms with van der Waals surface area (Å²) in [6, 6.07) is 10.4. The number of fused-ring (bicyclic) bond motifs is 2. The molecule has 10 heteroatoms. The summed E-state index contributed by atoms with van der Waals surface area (Å²) in [7, 11) is 0. The second-order valence-electron chi connectivity index (χ2n) is 8.43. The summed E-state index contributed by atoms with van der Waals surface area (Å²) in [6.07, 6.45) is 3.07. The van der Waals surface area contributed by atoms with E-state index in [2.05, 4.69) is 5.32 Å². The Bertz CT molecular complexity index is 1070. The fourth-order valence-electron chi connectivity index (χ4n) is 4.62. The molecule has 0 spiro atoms. The molecule has 2 aliphatic rings. The van der Waals surface area contributed by atoms with Gasteiger partial charge in [0.2, 0.25) is 5.91 Å². The second-order valence-corrected chi connectivity index (χ2v) is 8.87. The maximum Gasteiger partial charge on any atom is 0.261 e. The second kappa shape index (κ2) is 10.3. The molecule has 34 heavy (non-hydrogen) atoms. The first-order chi connectivity index (χ1) is 16.3. The third-order valence-corrected chi connectivity index (χ3v) is 6.29. The number of halogens is 2. The molecule has 3 N–H and O–H groups in total. The minimum atomic E-state index is -0.685. The summed E-state index contributed by atoms with van der Waals surface area (Å²) in [4.78, 5) is 38.2. The number of hydrogen-bond acceptors (Lipinski definition) is 5. The van der Waals surface area contributed by atoms with Crippen LogP contribution in [-0.2, 0) is 9.59 Å². The van der Waals surface area contributed by atoms with Crippen molar-refractivity contribution in [2.75, 3.05) is 13.2 Å². The lowest BCUT2D eigenvalue weighted by molar-refractivity contribution is -0.139. The molecular weight excluding hydrogens is 465 g/mol. The summed E-state index contributed by atoms with van der Waals surface area (Å²) in [6.45, 7) is -0.573. The molecule has 2 fully saturated rings. The number of nitrogens with two attached hydrogens (primary N) is 1. The highest BCUT2D eigenvalue weighted by Crippen LogP contribution is 2.37. The van der Waals surface area contributed by atoms with Crippen LogP contribution in [0.5, 0.6) is 11.5 Å². The van der Waals surface area contributed by atoms with Crippen LogP contribution < -0.4 is 20.5 Å². The van der Waals surface area contributed by atoms with Crippen LogP contribution >= 0.6 is 11.6 Å². The number of benzene rings is 2. The van der Waals surface area contributed by atoms with E-state index in [1.807, 2.05) is 4.90 Å². The average Bonchev–Trinajstić information content (AvgIpc) is 3.08. The largest absolute Gasteiger partial charge is 0.490 e. The van der Waals surface area contributed by atoms with E-state index in [4.69, 9.17) is 26.8 Å². The molecule has 2 bridgehead atoms. The predicted molar refractivity (Wildman–Crippen MR) is 122 cm³/mol. The van der Waals surface area contributed by atoms with E-state index in [9.17, 15) is 18.8 Å². The smallest absolute Gasteiger partial charge is 0.261 e. The van der Waals surface area contributed by atoms with Crippen molar-refractivity contribution in [2.24, 2.45) is 5.73 Å². The monoisotopic (exact) mass is 489 g/mol. The van der Waals surface area contributed by atoms with Gasteiger partial charge in [-0.25, -0.2) is 4.39 Å². The van der Waals surface area contributed by atoms with Crippen molar-refractivity contribution in [3.05, 3.63) is 58.9 Å². The Morgan fingerprint density at radius 2 is 1.76 bits per heavy atom. The van der Waals surface area contributed by atoms with Gasteiger partial charge in [-0.3, -0.25) is 14.4 Å². The summed E-state index contributed by atoms with van der Waals surface area (Å²) < 4.78 is 24.9. The van der Waals surface area contributed by atoms with Crippen LogP contribution in [0.2, 0.25) is 5.02 Å². The zero-order valence-electron chi connectivity index (χ0n) is 18.3. The number of nitrogens with zero attached hydrogens (tertiary/aromatic N) is 1. The van der Waals surface area contributed by atoms with Crippen LogP contribution in [0.3, 0.4) is 0 Å². The lowest BCUT2D eigenvalue weighted by Gasteiger charge is -2.38. The van der Waals surface area contributed by atoms with Gasteiger partial charge in [-0.1, -0.05) is 11.6 Å². The Morgan fingerprint density at radius 1 is 1.09 bits per heavy atom. The number of amides is 3. The molecule has 0 aliphatic carbocycles. The molecule has 0 aromatic heterocycles. The molecule has 2 heterocycles. The van der Waals surface area contributed by atoms with Crippen molar-refractivity contribution in [2.45, 2.75) is 43.9 Å². The van der Waals surface area contributed by atoms with Crippen molar-refractivity contribution in [1.82, 2.24) is 10.2 Å². The number of rotatable bonds is 8. The number of hydrogen-bond donors (Lipinski definition) is 2. The van der Waals surface area contributed by atoms with Crippen molar-refractivity contribution in [3.63, 3.8) is 0 Å². The van der Waals surface area contributed by atoms with Crippen LogP contribution in [0.25, 0.3) is 0 Å². The van der Waals surface area contributed by atoms with E-state index in [0.717, 1.165) is 12.8 Å². The first-order valence-corrected chi connectivity index (χ1v) is 11.4. The lowest BCUT2D eigenvalue weighted by Crippen LogP contribution is -2.50. The molecule has 2 aliphatic heterocycles. The van der Waals surface area contributed by atoms with Gasteiger partial charge in [0.05, 0.1) is 12.1 Å². The van der Waals surface area contributed by atoms with Crippen molar-refractivity contribution >= 4 is 29.3 Å². The lowest BCUT2D eigenvalue weighted by atomic mass is 9.99. The zero-order chi connectivity index (χ0) is 24.2. The van der Waals surface area contributed by atoms with Crippen molar-refractivity contribution in [1.29, 1.82) is 0 Å². The number of primary amides is 1. The molecule has 0 radical (unpaired) electrons. The van der Waals surface area contributed by atoms with Gasteiger partial charge in [0.15, 0.2) is 6.61 Å². The standard InChI is InChI=1S/C24H25ClFN3O5/c25-14-1-8-21(20(9-14)24(32)28-12-22(27)30)33-13-23(31)29-16-4-5-17(29)11-19(10-16)34-18-6-2-15(26)3-7-18/h1-3,6-9,16-17,19H,4-5,10-13H2,(H2,27,30)(H,28,32)/t16-,17+,19?. The van der Waals surface area contributed by atoms with Crippen LogP contribution in [0.15, 0.2) is 42.5 Å². The van der Waals surface area contributed by atoms with Crippen LogP contribution in [0.4, 0.5) is 4.39 Å². The third-order valence-electron chi connectivity index (χ3n) is 6.05. The summed E-state index contributed by atoms with van der Waals surface area (Å²) in [5, 5.41) is 2.70. The molecule has 3 atom stereocenters. The molecule has 1 unspecified atom stereocenters. The van der Waals surface area contributed by atoms with Gasteiger partial charge in [-0.2, -0.15) is 0 Å². The maximum absolute atomic E-state index is 13.1. The molecule has 2 aromatic carbocycles.